The average molecular weight is 691 g/mol. The molecule has 47 heavy (non-hydrogen) atoms. The molecule has 0 fully saturated rings. The van der Waals surface area contributed by atoms with E-state index < -0.39 is 32.5 Å². The highest BCUT2D eigenvalue weighted by Crippen LogP contribution is 2.36. The summed E-state index contributed by atoms with van der Waals surface area (Å²) in [7, 11) is -4.74. The molecule has 0 heterocycles. The smallest absolute Gasteiger partial charge is 0.462 e. The average Bonchev–Trinajstić information content (AvgIpc) is 3.02. The molecule has 280 valence electrons. The second-order valence-corrected chi connectivity index (χ2v) is 15.6. The molecule has 0 radical (unpaired) electrons. The number of rotatable bonds is 35. The van der Waals surface area contributed by atoms with E-state index in [1.54, 1.807) is 0 Å². The highest BCUT2D eigenvalue weighted by molar-refractivity contribution is 7.46. The topological polar surface area (TPSA) is 119 Å². The Morgan fingerprint density at radius 1 is 0.553 bits per heavy atom. The monoisotopic (exact) mass is 691 g/mol. The molecule has 0 aliphatic rings. The van der Waals surface area contributed by atoms with Gasteiger partial charge in [-0.2, -0.15) is 0 Å². The molecule has 2 atom stereocenters. The first-order chi connectivity index (χ1) is 22.5. The van der Waals surface area contributed by atoms with Crippen LogP contribution in [0.25, 0.3) is 0 Å². The van der Waals surface area contributed by atoms with E-state index in [9.17, 15) is 14.2 Å². The molecule has 1 unspecified atom stereocenters. The standard InChI is InChI=1S/C38H75O8P/c1-5-35(4)29-25-21-17-14-15-19-23-27-31-38(40)46-36(33-45-47(41,42)43)32-44-37(39)30-26-22-18-13-11-9-7-6-8-10-12-16-20-24-28-34(2)3/h34-36H,5-33H2,1-4H3,(H2,41,42,43)/t35?,36-/m1/s1. The lowest BCUT2D eigenvalue weighted by Crippen LogP contribution is -2.29. The molecule has 2 N–H and O–H groups in total. The summed E-state index contributed by atoms with van der Waals surface area (Å²) in [5.41, 5.74) is 0. The van der Waals surface area contributed by atoms with E-state index in [1.165, 1.54) is 116 Å². The first-order valence-electron chi connectivity index (χ1n) is 19.6. The maximum absolute atomic E-state index is 12.3. The molecular weight excluding hydrogens is 615 g/mol. The number of hydrogen-bond donors (Lipinski definition) is 2. The van der Waals surface area contributed by atoms with Gasteiger partial charge in [-0.3, -0.25) is 14.1 Å². The maximum Gasteiger partial charge on any atom is 0.469 e. The molecule has 0 aliphatic heterocycles. The summed E-state index contributed by atoms with van der Waals surface area (Å²) in [5.74, 6) is 0.780. The van der Waals surface area contributed by atoms with Crippen LogP contribution in [0.2, 0.25) is 0 Å². The van der Waals surface area contributed by atoms with Gasteiger partial charge in [0.05, 0.1) is 6.61 Å². The predicted molar refractivity (Wildman–Crippen MR) is 193 cm³/mol. The minimum absolute atomic E-state index is 0.216. The largest absolute Gasteiger partial charge is 0.469 e. The molecular formula is C38H75O8P. The quantitative estimate of drug-likeness (QED) is 0.0383. The van der Waals surface area contributed by atoms with E-state index >= 15 is 0 Å². The predicted octanol–water partition coefficient (Wildman–Crippen LogP) is 11.4. The van der Waals surface area contributed by atoms with Crippen LogP contribution >= 0.6 is 7.82 Å². The van der Waals surface area contributed by atoms with Crippen molar-refractivity contribution in [2.45, 2.75) is 207 Å². The van der Waals surface area contributed by atoms with Crippen molar-refractivity contribution in [1.82, 2.24) is 0 Å². The van der Waals surface area contributed by atoms with E-state index in [-0.39, 0.29) is 19.4 Å². The molecule has 0 saturated heterocycles. The lowest BCUT2D eigenvalue weighted by Gasteiger charge is -2.18. The number of carbonyl (C=O) groups is 2. The number of ether oxygens (including phenoxy) is 2. The zero-order valence-corrected chi connectivity index (χ0v) is 31.9. The Hall–Kier alpha value is -0.950. The van der Waals surface area contributed by atoms with Crippen LogP contribution in [0, 0.1) is 11.8 Å². The molecule has 0 aromatic heterocycles. The van der Waals surface area contributed by atoms with Crippen LogP contribution in [0.1, 0.15) is 201 Å². The molecule has 0 amide bonds. The summed E-state index contributed by atoms with van der Waals surface area (Å²) in [6, 6.07) is 0. The summed E-state index contributed by atoms with van der Waals surface area (Å²) < 4.78 is 26.3. The Kier molecular flexibility index (Phi) is 31.6. The lowest BCUT2D eigenvalue weighted by atomic mass is 9.99. The number of phosphoric ester groups is 1. The van der Waals surface area contributed by atoms with E-state index in [4.69, 9.17) is 19.3 Å². The number of phosphoric acid groups is 1. The van der Waals surface area contributed by atoms with Crippen molar-refractivity contribution >= 4 is 19.8 Å². The second-order valence-electron chi connectivity index (χ2n) is 14.3. The van der Waals surface area contributed by atoms with E-state index in [2.05, 4.69) is 32.2 Å². The van der Waals surface area contributed by atoms with Crippen molar-refractivity contribution in [1.29, 1.82) is 0 Å². The fourth-order valence-corrected chi connectivity index (χ4v) is 6.13. The van der Waals surface area contributed by atoms with E-state index in [1.807, 2.05) is 0 Å². The Labute approximate surface area is 289 Å². The van der Waals surface area contributed by atoms with Crippen LogP contribution < -0.4 is 0 Å². The van der Waals surface area contributed by atoms with E-state index in [0.717, 1.165) is 50.4 Å². The highest BCUT2D eigenvalue weighted by atomic mass is 31.2. The molecule has 0 saturated carbocycles. The third-order valence-corrected chi connectivity index (χ3v) is 9.58. The van der Waals surface area contributed by atoms with Crippen LogP contribution in [0.15, 0.2) is 0 Å². The Bertz CT molecular complexity index is 769. The van der Waals surface area contributed by atoms with Crippen LogP contribution in [0.5, 0.6) is 0 Å². The van der Waals surface area contributed by atoms with Gasteiger partial charge in [0.1, 0.15) is 6.61 Å². The van der Waals surface area contributed by atoms with Crippen molar-refractivity contribution in [3.8, 4) is 0 Å². The molecule has 0 rings (SSSR count). The zero-order chi connectivity index (χ0) is 35.0. The van der Waals surface area contributed by atoms with Crippen LogP contribution in [0.3, 0.4) is 0 Å². The number of esters is 2. The minimum Gasteiger partial charge on any atom is -0.462 e. The third kappa shape index (κ3) is 36.2. The second kappa shape index (κ2) is 32.3. The minimum atomic E-state index is -4.74. The van der Waals surface area contributed by atoms with Crippen molar-refractivity contribution in [3.63, 3.8) is 0 Å². The first kappa shape index (κ1) is 46.0. The SMILES string of the molecule is CCC(C)CCCCCCCCCCC(=O)O[C@H](COC(=O)CCCCCCCCCCCCCCCCC(C)C)COP(=O)(O)O. The molecule has 9 heteroatoms. The highest BCUT2D eigenvalue weighted by Gasteiger charge is 2.22. The van der Waals surface area contributed by atoms with Crippen LogP contribution in [-0.4, -0.2) is 41.0 Å². The normalized spacial score (nSPS) is 13.2. The Morgan fingerprint density at radius 3 is 1.34 bits per heavy atom. The van der Waals surface area contributed by atoms with Gasteiger partial charge in [0.25, 0.3) is 0 Å². The fraction of sp³-hybridized carbons (Fsp3) is 0.947. The first-order valence-corrected chi connectivity index (χ1v) is 21.1. The zero-order valence-electron chi connectivity index (χ0n) is 31.0. The third-order valence-electron chi connectivity index (χ3n) is 9.09. The van der Waals surface area contributed by atoms with Crippen molar-refractivity contribution in [3.05, 3.63) is 0 Å². The number of unbranched alkanes of at least 4 members (excludes halogenated alkanes) is 20. The molecule has 0 aromatic carbocycles. The summed E-state index contributed by atoms with van der Waals surface area (Å²) in [6.45, 7) is 8.35. The molecule has 0 aliphatic carbocycles. The van der Waals surface area contributed by atoms with Crippen LogP contribution in [0.4, 0.5) is 0 Å². The van der Waals surface area contributed by atoms with Gasteiger partial charge in [-0.15, -0.1) is 0 Å². The van der Waals surface area contributed by atoms with Gasteiger partial charge < -0.3 is 19.3 Å². The summed E-state index contributed by atoms with van der Waals surface area (Å²) in [6.07, 6.45) is 29.7. The van der Waals surface area contributed by atoms with E-state index in [0.29, 0.717) is 6.42 Å². The summed E-state index contributed by atoms with van der Waals surface area (Å²) in [5, 5.41) is 0. The maximum atomic E-state index is 12.3. The number of hydrogen-bond acceptors (Lipinski definition) is 6. The van der Waals surface area contributed by atoms with Gasteiger partial charge in [0.15, 0.2) is 6.10 Å². The molecule has 8 nitrogen and oxygen atoms in total. The van der Waals surface area contributed by atoms with Gasteiger partial charge >= 0.3 is 19.8 Å². The van der Waals surface area contributed by atoms with Gasteiger partial charge in [-0.25, -0.2) is 4.57 Å². The van der Waals surface area contributed by atoms with Gasteiger partial charge in [-0.1, -0.05) is 175 Å². The van der Waals surface area contributed by atoms with Crippen molar-refractivity contribution in [2.75, 3.05) is 13.2 Å². The molecule has 0 aromatic rings. The van der Waals surface area contributed by atoms with Crippen molar-refractivity contribution < 1.29 is 37.9 Å². The van der Waals surface area contributed by atoms with Crippen LogP contribution in [-0.2, 0) is 28.2 Å². The van der Waals surface area contributed by atoms with Gasteiger partial charge in [-0.05, 0) is 24.7 Å². The number of carbonyl (C=O) groups excluding carboxylic acids is 2. The summed E-state index contributed by atoms with van der Waals surface area (Å²) in [4.78, 5) is 42.7. The Morgan fingerprint density at radius 2 is 0.936 bits per heavy atom. The van der Waals surface area contributed by atoms with Gasteiger partial charge in [0, 0.05) is 12.8 Å². The fourth-order valence-electron chi connectivity index (χ4n) is 5.77. The van der Waals surface area contributed by atoms with Gasteiger partial charge in [0.2, 0.25) is 0 Å². The summed E-state index contributed by atoms with van der Waals surface area (Å²) >= 11 is 0. The molecule has 0 bridgehead atoms. The molecule has 0 spiro atoms. The Balaban J connectivity index is 3.90. The van der Waals surface area contributed by atoms with Crippen molar-refractivity contribution in [2.24, 2.45) is 11.8 Å². The lowest BCUT2D eigenvalue weighted by molar-refractivity contribution is -0.161.